The van der Waals surface area contributed by atoms with Gasteiger partial charge in [0, 0.05) is 12.7 Å². The van der Waals surface area contributed by atoms with E-state index in [1.54, 1.807) is 0 Å². The van der Waals surface area contributed by atoms with Crippen molar-refractivity contribution in [2.24, 2.45) is 0 Å². The van der Waals surface area contributed by atoms with Crippen molar-refractivity contribution in [2.75, 3.05) is 6.61 Å². The zero-order valence-electron chi connectivity index (χ0n) is 6.41. The molecule has 0 aliphatic carbocycles. The summed E-state index contributed by atoms with van der Waals surface area (Å²) in [6, 6.07) is 0. The van der Waals surface area contributed by atoms with Crippen molar-refractivity contribution < 1.29 is 19.1 Å². The molecule has 0 saturated carbocycles. The van der Waals surface area contributed by atoms with Gasteiger partial charge >= 0.3 is 11.9 Å². The molecule has 1 saturated heterocycles. The van der Waals surface area contributed by atoms with Gasteiger partial charge in [0.1, 0.15) is 0 Å². The number of carbonyl (C=O) groups excluding carboxylic acids is 2. The summed E-state index contributed by atoms with van der Waals surface area (Å²) in [5, 5.41) is 0. The molecule has 2 aliphatic rings. The molecule has 12 heavy (non-hydrogen) atoms. The molecule has 0 radical (unpaired) electrons. The molecule has 1 fully saturated rings. The molecule has 2 heterocycles. The highest BCUT2D eigenvalue weighted by atomic mass is 16.6. The summed E-state index contributed by atoms with van der Waals surface area (Å²) in [6.45, 7) is 0.656. The number of rotatable bonds is 1. The Bertz CT molecular complexity index is 260. The molecule has 64 valence electrons. The molecule has 0 N–H and O–H groups in total. The standard InChI is InChI=1S/C8H8O4/c9-7-4-5(8(10)12-7)6-2-1-3-11-6/h4,6H,1-3H2. The minimum Gasteiger partial charge on any atom is -0.386 e. The van der Waals surface area contributed by atoms with Crippen LogP contribution in [0.1, 0.15) is 12.8 Å². The molecule has 0 spiro atoms. The molecule has 0 aromatic heterocycles. The summed E-state index contributed by atoms with van der Waals surface area (Å²) < 4.78 is 9.57. The zero-order chi connectivity index (χ0) is 8.55. The maximum atomic E-state index is 11.0. The lowest BCUT2D eigenvalue weighted by Crippen LogP contribution is -2.14. The van der Waals surface area contributed by atoms with Crippen molar-refractivity contribution in [3.63, 3.8) is 0 Å². The summed E-state index contributed by atoms with van der Waals surface area (Å²) in [4.78, 5) is 21.6. The molecule has 4 nitrogen and oxygen atoms in total. The summed E-state index contributed by atoms with van der Waals surface area (Å²) in [5.74, 6) is -1.13. The smallest absolute Gasteiger partial charge is 0.344 e. The van der Waals surface area contributed by atoms with Gasteiger partial charge in [-0.1, -0.05) is 0 Å². The molecule has 4 heteroatoms. The predicted molar refractivity (Wildman–Crippen MR) is 38.2 cm³/mol. The number of ether oxygens (including phenoxy) is 2. The van der Waals surface area contributed by atoms with Gasteiger partial charge in [-0.3, -0.25) is 0 Å². The Morgan fingerprint density at radius 2 is 2.25 bits per heavy atom. The van der Waals surface area contributed by atoms with E-state index in [-0.39, 0.29) is 6.10 Å². The van der Waals surface area contributed by atoms with E-state index in [9.17, 15) is 9.59 Å². The van der Waals surface area contributed by atoms with Gasteiger partial charge in [-0.25, -0.2) is 9.59 Å². The van der Waals surface area contributed by atoms with E-state index in [1.165, 1.54) is 6.08 Å². The van der Waals surface area contributed by atoms with Crippen LogP contribution in [-0.4, -0.2) is 24.6 Å². The number of hydrogen-bond acceptors (Lipinski definition) is 4. The molecule has 2 aliphatic heterocycles. The Balaban J connectivity index is 2.16. The highest BCUT2D eigenvalue weighted by molar-refractivity contribution is 6.09. The van der Waals surface area contributed by atoms with Crippen LogP contribution in [0.25, 0.3) is 0 Å². The quantitative estimate of drug-likeness (QED) is 0.414. The Labute approximate surface area is 69.1 Å². The van der Waals surface area contributed by atoms with Crippen LogP contribution in [0.4, 0.5) is 0 Å². The highest BCUT2D eigenvalue weighted by Gasteiger charge is 2.32. The SMILES string of the molecule is O=C1C=C(C2CCCO2)C(=O)O1. The topological polar surface area (TPSA) is 52.6 Å². The van der Waals surface area contributed by atoms with Crippen molar-refractivity contribution in [3.8, 4) is 0 Å². The molecule has 0 amide bonds. The van der Waals surface area contributed by atoms with E-state index in [4.69, 9.17) is 4.74 Å². The molecular formula is C8H8O4. The van der Waals surface area contributed by atoms with E-state index in [0.717, 1.165) is 12.8 Å². The van der Waals surface area contributed by atoms with Crippen LogP contribution in [0.5, 0.6) is 0 Å². The van der Waals surface area contributed by atoms with Crippen LogP contribution in [0.15, 0.2) is 11.6 Å². The van der Waals surface area contributed by atoms with Gasteiger partial charge in [0.25, 0.3) is 0 Å². The maximum Gasteiger partial charge on any atom is 0.344 e. The first-order valence-corrected chi connectivity index (χ1v) is 3.87. The molecule has 0 aromatic rings. The lowest BCUT2D eigenvalue weighted by molar-refractivity contribution is -0.151. The second-order valence-corrected chi connectivity index (χ2v) is 2.81. The third-order valence-electron chi connectivity index (χ3n) is 1.98. The minimum atomic E-state index is -0.578. The van der Waals surface area contributed by atoms with Crippen molar-refractivity contribution in [3.05, 3.63) is 11.6 Å². The Morgan fingerprint density at radius 3 is 2.75 bits per heavy atom. The zero-order valence-corrected chi connectivity index (χ0v) is 6.41. The minimum absolute atomic E-state index is 0.219. The molecular weight excluding hydrogens is 160 g/mol. The predicted octanol–water partition coefficient (Wildman–Crippen LogP) is 0.175. The fourth-order valence-corrected chi connectivity index (χ4v) is 1.41. The number of carbonyl (C=O) groups is 2. The first kappa shape index (κ1) is 7.49. The third-order valence-corrected chi connectivity index (χ3v) is 1.98. The average Bonchev–Trinajstić information content (AvgIpc) is 2.58. The van der Waals surface area contributed by atoms with Gasteiger partial charge in [0.05, 0.1) is 11.7 Å². The van der Waals surface area contributed by atoms with Crippen molar-refractivity contribution in [1.29, 1.82) is 0 Å². The monoisotopic (exact) mass is 168 g/mol. The second kappa shape index (κ2) is 2.71. The number of cyclic esters (lactones) is 2. The lowest BCUT2D eigenvalue weighted by atomic mass is 10.1. The first-order chi connectivity index (χ1) is 5.77. The molecule has 1 unspecified atom stereocenters. The normalized spacial score (nSPS) is 29.0. The number of esters is 2. The van der Waals surface area contributed by atoms with Crippen LogP contribution in [-0.2, 0) is 19.1 Å². The largest absolute Gasteiger partial charge is 0.386 e. The lowest BCUT2D eigenvalue weighted by Gasteiger charge is -2.05. The molecule has 0 aromatic carbocycles. The maximum absolute atomic E-state index is 11.0. The average molecular weight is 168 g/mol. The van der Waals surface area contributed by atoms with E-state index in [1.807, 2.05) is 0 Å². The van der Waals surface area contributed by atoms with Crippen LogP contribution in [0.2, 0.25) is 0 Å². The molecule has 1 atom stereocenters. The van der Waals surface area contributed by atoms with Crippen LogP contribution in [0.3, 0.4) is 0 Å². The van der Waals surface area contributed by atoms with Gasteiger partial charge in [-0.15, -0.1) is 0 Å². The first-order valence-electron chi connectivity index (χ1n) is 3.87. The van der Waals surface area contributed by atoms with E-state index in [2.05, 4.69) is 4.74 Å². The van der Waals surface area contributed by atoms with Gasteiger partial charge in [-0.2, -0.15) is 0 Å². The van der Waals surface area contributed by atoms with Crippen molar-refractivity contribution in [1.82, 2.24) is 0 Å². The highest BCUT2D eigenvalue weighted by Crippen LogP contribution is 2.23. The van der Waals surface area contributed by atoms with Crippen molar-refractivity contribution in [2.45, 2.75) is 18.9 Å². The van der Waals surface area contributed by atoms with Gasteiger partial charge in [0.15, 0.2) is 0 Å². The Kier molecular flexibility index (Phi) is 1.69. The fourth-order valence-electron chi connectivity index (χ4n) is 1.41. The Hall–Kier alpha value is -1.16. The van der Waals surface area contributed by atoms with Gasteiger partial charge in [0.2, 0.25) is 0 Å². The van der Waals surface area contributed by atoms with Crippen LogP contribution >= 0.6 is 0 Å². The summed E-state index contributed by atoms with van der Waals surface area (Å²) in [7, 11) is 0. The third kappa shape index (κ3) is 1.14. The van der Waals surface area contributed by atoms with Crippen LogP contribution < -0.4 is 0 Å². The summed E-state index contributed by atoms with van der Waals surface area (Å²) in [5.41, 5.74) is 0.373. The van der Waals surface area contributed by atoms with Gasteiger partial charge in [-0.05, 0) is 12.8 Å². The van der Waals surface area contributed by atoms with Gasteiger partial charge < -0.3 is 9.47 Å². The van der Waals surface area contributed by atoms with E-state index >= 15 is 0 Å². The Morgan fingerprint density at radius 1 is 1.42 bits per heavy atom. The molecule has 0 bridgehead atoms. The summed E-state index contributed by atoms with van der Waals surface area (Å²) in [6.07, 6.45) is 2.74. The number of hydrogen-bond donors (Lipinski definition) is 0. The van der Waals surface area contributed by atoms with Crippen LogP contribution in [0, 0.1) is 0 Å². The van der Waals surface area contributed by atoms with E-state index < -0.39 is 11.9 Å². The summed E-state index contributed by atoms with van der Waals surface area (Å²) >= 11 is 0. The second-order valence-electron chi connectivity index (χ2n) is 2.81. The van der Waals surface area contributed by atoms with E-state index in [0.29, 0.717) is 12.2 Å². The fraction of sp³-hybridized carbons (Fsp3) is 0.500. The molecule has 2 rings (SSSR count). The van der Waals surface area contributed by atoms with Crippen molar-refractivity contribution >= 4 is 11.9 Å².